The number of carbonyl (C=O) groups is 1. The van der Waals surface area contributed by atoms with Crippen molar-refractivity contribution in [3.63, 3.8) is 0 Å². The van der Waals surface area contributed by atoms with Gasteiger partial charge in [0.05, 0.1) is 12.0 Å². The predicted octanol–water partition coefficient (Wildman–Crippen LogP) is 4.01. The topological polar surface area (TPSA) is 70.2 Å². The van der Waals surface area contributed by atoms with Gasteiger partial charge in [-0.15, -0.1) is 10.2 Å². The summed E-state index contributed by atoms with van der Waals surface area (Å²) in [4.78, 5) is 12.1. The Morgan fingerprint density at radius 1 is 1.27 bits per heavy atom. The van der Waals surface area contributed by atoms with E-state index in [0.717, 1.165) is 16.7 Å². The quantitative estimate of drug-likeness (QED) is 0.462. The van der Waals surface area contributed by atoms with Gasteiger partial charge in [-0.2, -0.15) is 0 Å². The zero-order valence-corrected chi connectivity index (χ0v) is 15.9. The van der Waals surface area contributed by atoms with Crippen molar-refractivity contribution in [2.24, 2.45) is 0 Å². The fourth-order valence-electron chi connectivity index (χ4n) is 2.55. The van der Waals surface area contributed by atoms with Crippen molar-refractivity contribution in [3.8, 4) is 11.6 Å². The van der Waals surface area contributed by atoms with Crippen molar-refractivity contribution in [3.05, 3.63) is 53.3 Å². The number of carbonyl (C=O) groups excluding carboxylic acids is 1. The van der Waals surface area contributed by atoms with Crippen LogP contribution in [0.3, 0.4) is 0 Å². The summed E-state index contributed by atoms with van der Waals surface area (Å²) in [7, 11) is 0. The second kappa shape index (κ2) is 8.23. The minimum Gasteiger partial charge on any atom is -0.461 e. The number of aryl methyl sites for hydroxylation is 2. The number of hydrogen-bond acceptors (Lipinski definition) is 6. The third-order valence-corrected chi connectivity index (χ3v) is 4.93. The largest absolute Gasteiger partial charge is 0.461 e. The summed E-state index contributed by atoms with van der Waals surface area (Å²) in [6.07, 6.45) is 1.60. The lowest BCUT2D eigenvalue weighted by atomic mass is 10.1. The molecule has 0 atom stereocenters. The molecule has 0 N–H and O–H groups in total. The maximum atomic E-state index is 12.1. The lowest BCUT2D eigenvalue weighted by molar-refractivity contribution is -0.141. The van der Waals surface area contributed by atoms with Crippen molar-refractivity contribution in [2.45, 2.75) is 39.1 Å². The number of aromatic nitrogens is 3. The maximum absolute atomic E-state index is 12.1. The molecular weight excluding hydrogens is 350 g/mol. The van der Waals surface area contributed by atoms with Crippen LogP contribution in [-0.2, 0) is 22.7 Å². The molecule has 0 saturated heterocycles. The SMILES string of the molecule is CCn1c(SCC(=O)OCc2cc(C)ccc2C)nnc1-c1ccco1. The molecule has 0 aliphatic rings. The Bertz CT molecular complexity index is 888. The van der Waals surface area contributed by atoms with Gasteiger partial charge in [0.25, 0.3) is 0 Å². The molecule has 2 heterocycles. The second-order valence-corrected chi connectivity index (χ2v) is 6.85. The first-order valence-corrected chi connectivity index (χ1v) is 9.38. The summed E-state index contributed by atoms with van der Waals surface area (Å²) < 4.78 is 12.7. The first-order chi connectivity index (χ1) is 12.6. The van der Waals surface area contributed by atoms with Crippen LogP contribution in [0.4, 0.5) is 0 Å². The van der Waals surface area contributed by atoms with E-state index in [1.54, 1.807) is 6.26 Å². The maximum Gasteiger partial charge on any atom is 0.316 e. The number of hydrogen-bond donors (Lipinski definition) is 0. The molecule has 3 rings (SSSR count). The molecule has 0 bridgehead atoms. The highest BCUT2D eigenvalue weighted by molar-refractivity contribution is 7.99. The molecule has 6 nitrogen and oxygen atoms in total. The third-order valence-electron chi connectivity index (χ3n) is 3.99. The van der Waals surface area contributed by atoms with Gasteiger partial charge in [-0.25, -0.2) is 0 Å². The molecule has 3 aromatic rings. The molecule has 0 spiro atoms. The normalized spacial score (nSPS) is 10.9. The lowest BCUT2D eigenvalue weighted by Crippen LogP contribution is -2.09. The van der Waals surface area contributed by atoms with Crippen LogP contribution in [0.15, 0.2) is 46.2 Å². The van der Waals surface area contributed by atoms with Crippen LogP contribution in [0.25, 0.3) is 11.6 Å². The van der Waals surface area contributed by atoms with Crippen LogP contribution >= 0.6 is 11.8 Å². The lowest BCUT2D eigenvalue weighted by Gasteiger charge is -2.09. The van der Waals surface area contributed by atoms with Crippen LogP contribution in [0.5, 0.6) is 0 Å². The van der Waals surface area contributed by atoms with Gasteiger partial charge in [-0.1, -0.05) is 35.5 Å². The van der Waals surface area contributed by atoms with E-state index in [4.69, 9.17) is 9.15 Å². The predicted molar refractivity (Wildman–Crippen MR) is 99.8 cm³/mol. The molecule has 0 fully saturated rings. The number of thioether (sulfide) groups is 1. The average molecular weight is 371 g/mol. The molecule has 0 amide bonds. The van der Waals surface area contributed by atoms with Crippen molar-refractivity contribution in [1.29, 1.82) is 0 Å². The van der Waals surface area contributed by atoms with Crippen LogP contribution in [0.1, 0.15) is 23.6 Å². The molecule has 2 aromatic heterocycles. The summed E-state index contributed by atoms with van der Waals surface area (Å²) >= 11 is 1.31. The minimum atomic E-state index is -0.277. The van der Waals surface area contributed by atoms with Crippen molar-refractivity contribution >= 4 is 17.7 Å². The highest BCUT2D eigenvalue weighted by Crippen LogP contribution is 2.24. The minimum absolute atomic E-state index is 0.182. The zero-order chi connectivity index (χ0) is 18.5. The van der Waals surface area contributed by atoms with Crippen LogP contribution in [-0.4, -0.2) is 26.5 Å². The monoisotopic (exact) mass is 371 g/mol. The number of furan rings is 1. The third kappa shape index (κ3) is 4.16. The first kappa shape index (κ1) is 18.3. The van der Waals surface area contributed by atoms with E-state index < -0.39 is 0 Å². The molecule has 0 aliphatic carbocycles. The smallest absolute Gasteiger partial charge is 0.316 e. The Morgan fingerprint density at radius 3 is 2.85 bits per heavy atom. The van der Waals surface area contributed by atoms with E-state index >= 15 is 0 Å². The van der Waals surface area contributed by atoms with E-state index in [1.807, 2.05) is 55.7 Å². The molecule has 0 radical (unpaired) electrons. The number of ether oxygens (including phenoxy) is 1. The molecule has 26 heavy (non-hydrogen) atoms. The molecule has 136 valence electrons. The van der Waals surface area contributed by atoms with Gasteiger partial charge >= 0.3 is 5.97 Å². The summed E-state index contributed by atoms with van der Waals surface area (Å²) in [6, 6.07) is 9.77. The Kier molecular flexibility index (Phi) is 5.78. The molecule has 0 unspecified atom stereocenters. The van der Waals surface area contributed by atoms with Gasteiger partial charge < -0.3 is 9.15 Å². The molecule has 7 heteroatoms. The van der Waals surface area contributed by atoms with Gasteiger partial charge in [0.1, 0.15) is 6.61 Å². The highest BCUT2D eigenvalue weighted by Gasteiger charge is 2.16. The fourth-order valence-corrected chi connectivity index (χ4v) is 3.35. The first-order valence-electron chi connectivity index (χ1n) is 8.40. The van der Waals surface area contributed by atoms with Crippen LogP contribution in [0, 0.1) is 13.8 Å². The fraction of sp³-hybridized carbons (Fsp3) is 0.316. The Balaban J connectivity index is 1.59. The molecule has 0 aliphatic heterocycles. The average Bonchev–Trinajstić information content (AvgIpc) is 3.29. The van der Waals surface area contributed by atoms with E-state index in [2.05, 4.69) is 10.2 Å². The van der Waals surface area contributed by atoms with E-state index in [9.17, 15) is 4.79 Å². The molecule has 0 saturated carbocycles. The summed E-state index contributed by atoms with van der Waals surface area (Å²) in [5.41, 5.74) is 3.29. The van der Waals surface area contributed by atoms with E-state index in [1.165, 1.54) is 11.8 Å². The van der Waals surface area contributed by atoms with Gasteiger partial charge in [0.2, 0.25) is 0 Å². The van der Waals surface area contributed by atoms with Gasteiger partial charge in [0.15, 0.2) is 16.7 Å². The Morgan fingerprint density at radius 2 is 2.12 bits per heavy atom. The van der Waals surface area contributed by atoms with Gasteiger partial charge in [-0.3, -0.25) is 9.36 Å². The van der Waals surface area contributed by atoms with Crippen molar-refractivity contribution < 1.29 is 13.9 Å². The van der Waals surface area contributed by atoms with Crippen LogP contribution < -0.4 is 0 Å². The molecular formula is C19H21N3O3S. The van der Waals surface area contributed by atoms with Crippen molar-refractivity contribution in [1.82, 2.24) is 14.8 Å². The van der Waals surface area contributed by atoms with Gasteiger partial charge in [-0.05, 0) is 44.0 Å². The number of rotatable bonds is 7. The number of nitrogens with zero attached hydrogens (tertiary/aromatic N) is 3. The summed E-state index contributed by atoms with van der Waals surface area (Å²) in [5, 5.41) is 9.00. The zero-order valence-electron chi connectivity index (χ0n) is 15.1. The standard InChI is InChI=1S/C19H21N3O3S/c1-4-22-18(16-6-5-9-24-16)20-21-19(22)26-12-17(23)25-11-15-10-13(2)7-8-14(15)3/h5-10H,4,11-12H2,1-3H3. The number of esters is 1. The summed E-state index contributed by atoms with van der Waals surface area (Å²) in [5.74, 6) is 1.22. The Hall–Kier alpha value is -2.54. The van der Waals surface area contributed by atoms with E-state index in [0.29, 0.717) is 23.3 Å². The highest BCUT2D eigenvalue weighted by atomic mass is 32.2. The summed E-state index contributed by atoms with van der Waals surface area (Å²) in [6.45, 7) is 7.00. The van der Waals surface area contributed by atoms with E-state index in [-0.39, 0.29) is 18.3 Å². The van der Waals surface area contributed by atoms with Gasteiger partial charge in [0, 0.05) is 6.54 Å². The second-order valence-electron chi connectivity index (χ2n) is 5.91. The van der Waals surface area contributed by atoms with Crippen LogP contribution in [0.2, 0.25) is 0 Å². The van der Waals surface area contributed by atoms with Crippen molar-refractivity contribution in [2.75, 3.05) is 5.75 Å². The molecule has 1 aromatic carbocycles. The number of benzene rings is 1. The Labute approximate surface area is 156 Å².